The maximum absolute atomic E-state index is 10.8. The van der Waals surface area contributed by atoms with Crippen molar-refractivity contribution in [2.24, 2.45) is 5.92 Å². The summed E-state index contributed by atoms with van der Waals surface area (Å²) >= 11 is 0. The minimum absolute atomic E-state index is 0.116. The van der Waals surface area contributed by atoms with Crippen molar-refractivity contribution >= 4 is 0 Å². The van der Waals surface area contributed by atoms with E-state index in [0.717, 1.165) is 23.5 Å². The first kappa shape index (κ1) is 22.2. The predicted molar refractivity (Wildman–Crippen MR) is 114 cm³/mol. The van der Waals surface area contributed by atoms with E-state index in [1.54, 1.807) is 0 Å². The summed E-state index contributed by atoms with van der Waals surface area (Å²) in [5.74, 6) is 1.18. The molecule has 0 spiro atoms. The molecule has 27 heavy (non-hydrogen) atoms. The van der Waals surface area contributed by atoms with Crippen LogP contribution < -0.4 is 5.32 Å². The van der Waals surface area contributed by atoms with Gasteiger partial charge in [0.2, 0.25) is 0 Å². The zero-order valence-electron chi connectivity index (χ0n) is 18.5. The molecule has 0 saturated heterocycles. The van der Waals surface area contributed by atoms with Crippen LogP contribution in [0.2, 0.25) is 0 Å². The molecule has 3 heteroatoms. The first-order valence-electron chi connectivity index (χ1n) is 10.7. The van der Waals surface area contributed by atoms with E-state index >= 15 is 0 Å². The average Bonchev–Trinajstić information content (AvgIpc) is 2.51. The Balaban J connectivity index is 2.11. The fourth-order valence-electron chi connectivity index (χ4n) is 4.23. The summed E-state index contributed by atoms with van der Waals surface area (Å²) < 4.78 is 0. The highest BCUT2D eigenvalue weighted by Gasteiger charge is 2.27. The number of hydrogen-bond acceptors (Lipinski definition) is 3. The van der Waals surface area contributed by atoms with Gasteiger partial charge < -0.3 is 10.2 Å². The van der Waals surface area contributed by atoms with Crippen molar-refractivity contribution in [2.75, 3.05) is 0 Å². The second kappa shape index (κ2) is 8.53. The van der Waals surface area contributed by atoms with Gasteiger partial charge in [0, 0.05) is 6.04 Å². The molecule has 3 nitrogen and oxygen atoms in total. The lowest BCUT2D eigenvalue weighted by Crippen LogP contribution is -2.41. The highest BCUT2D eigenvalue weighted by atomic mass is 16.3. The van der Waals surface area contributed by atoms with Crippen molar-refractivity contribution in [3.8, 4) is 5.75 Å². The minimum atomic E-state index is -0.467. The molecule has 1 aromatic rings. The standard InChI is InChI=1S/C24H41NO2/c1-16-9-8-10-18(13-16)25-21(26)12-11-17-14-19(23(2,3)4)22(27)20(15-17)24(5,6)7/h14-16,18,21,25-27H,8-13H2,1-7H3. The number of phenols is 1. The van der Waals surface area contributed by atoms with Crippen LogP contribution in [-0.4, -0.2) is 22.5 Å². The number of aliphatic hydroxyl groups excluding tert-OH is 1. The highest BCUT2D eigenvalue weighted by Crippen LogP contribution is 2.40. The van der Waals surface area contributed by atoms with E-state index in [1.165, 1.54) is 31.2 Å². The Morgan fingerprint density at radius 1 is 1.04 bits per heavy atom. The van der Waals surface area contributed by atoms with E-state index in [4.69, 9.17) is 0 Å². The fraction of sp³-hybridized carbons (Fsp3) is 0.750. The third-order valence-corrected chi connectivity index (χ3v) is 5.86. The van der Waals surface area contributed by atoms with Gasteiger partial charge in [0.25, 0.3) is 0 Å². The molecule has 0 heterocycles. The van der Waals surface area contributed by atoms with Crippen LogP contribution >= 0.6 is 0 Å². The van der Waals surface area contributed by atoms with Crippen LogP contribution in [0.4, 0.5) is 0 Å². The summed E-state index contributed by atoms with van der Waals surface area (Å²) in [6.07, 6.45) is 5.94. The second-order valence-corrected chi connectivity index (χ2v) is 10.7. The molecule has 1 aromatic carbocycles. The topological polar surface area (TPSA) is 52.5 Å². The predicted octanol–water partition coefficient (Wildman–Crippen LogP) is 5.41. The Labute approximate surface area is 166 Å². The first-order chi connectivity index (χ1) is 12.4. The number of aromatic hydroxyl groups is 1. The molecule has 0 aromatic heterocycles. The van der Waals surface area contributed by atoms with Gasteiger partial charge >= 0.3 is 0 Å². The Morgan fingerprint density at radius 3 is 2.07 bits per heavy atom. The summed E-state index contributed by atoms with van der Waals surface area (Å²) in [6.45, 7) is 15.1. The molecule has 154 valence electrons. The third kappa shape index (κ3) is 6.22. The van der Waals surface area contributed by atoms with E-state index in [2.05, 4.69) is 65.9 Å². The molecular formula is C24H41NO2. The third-order valence-electron chi connectivity index (χ3n) is 5.86. The highest BCUT2D eigenvalue weighted by molar-refractivity contribution is 5.49. The van der Waals surface area contributed by atoms with Crippen molar-refractivity contribution in [3.63, 3.8) is 0 Å². The van der Waals surface area contributed by atoms with Gasteiger partial charge in [-0.2, -0.15) is 0 Å². The lowest BCUT2D eigenvalue weighted by atomic mass is 9.78. The van der Waals surface area contributed by atoms with E-state index < -0.39 is 6.23 Å². The van der Waals surface area contributed by atoms with E-state index in [-0.39, 0.29) is 10.8 Å². The first-order valence-corrected chi connectivity index (χ1v) is 10.7. The van der Waals surface area contributed by atoms with Crippen LogP contribution in [0.15, 0.2) is 12.1 Å². The van der Waals surface area contributed by atoms with Gasteiger partial charge in [-0.15, -0.1) is 0 Å². The van der Waals surface area contributed by atoms with Crippen LogP contribution in [0.1, 0.15) is 97.3 Å². The van der Waals surface area contributed by atoms with Crippen LogP contribution in [-0.2, 0) is 17.3 Å². The molecule has 0 radical (unpaired) electrons. The van der Waals surface area contributed by atoms with Crippen LogP contribution in [0, 0.1) is 5.92 Å². The molecule has 1 fully saturated rings. The van der Waals surface area contributed by atoms with Crippen molar-refractivity contribution in [3.05, 3.63) is 28.8 Å². The Hall–Kier alpha value is -1.06. The molecule has 3 unspecified atom stereocenters. The molecule has 0 aliphatic heterocycles. The second-order valence-electron chi connectivity index (χ2n) is 10.7. The number of hydrogen-bond donors (Lipinski definition) is 3. The van der Waals surface area contributed by atoms with Crippen LogP contribution in [0.3, 0.4) is 0 Å². The number of aliphatic hydroxyl groups is 1. The van der Waals surface area contributed by atoms with Gasteiger partial charge in [-0.1, -0.05) is 73.4 Å². The number of nitrogens with one attached hydrogen (secondary N) is 1. The molecule has 3 atom stereocenters. The molecule has 1 saturated carbocycles. The minimum Gasteiger partial charge on any atom is -0.507 e. The summed E-state index contributed by atoms with van der Waals surface area (Å²) in [5.41, 5.74) is 2.95. The maximum atomic E-state index is 10.8. The fourth-order valence-corrected chi connectivity index (χ4v) is 4.23. The van der Waals surface area contributed by atoms with E-state index in [1.807, 2.05) is 0 Å². The number of rotatable bonds is 5. The Kier molecular flexibility index (Phi) is 7.02. The molecule has 1 aliphatic rings. The molecule has 3 N–H and O–H groups in total. The molecule has 2 rings (SSSR count). The quantitative estimate of drug-likeness (QED) is 0.603. The van der Waals surface area contributed by atoms with Gasteiger partial charge in [-0.3, -0.25) is 5.32 Å². The number of phenolic OH excluding ortho intramolecular Hbond substituents is 1. The zero-order valence-corrected chi connectivity index (χ0v) is 18.5. The maximum Gasteiger partial charge on any atom is 0.123 e. The average molecular weight is 376 g/mol. The van der Waals surface area contributed by atoms with E-state index in [0.29, 0.717) is 18.2 Å². The SMILES string of the molecule is CC1CCCC(NC(O)CCc2cc(C(C)(C)C)c(O)c(C(C)(C)C)c2)C1. The largest absolute Gasteiger partial charge is 0.507 e. The molecule has 0 bridgehead atoms. The smallest absolute Gasteiger partial charge is 0.123 e. The van der Waals surface area contributed by atoms with E-state index in [9.17, 15) is 10.2 Å². The molecule has 1 aliphatic carbocycles. The number of benzene rings is 1. The van der Waals surface area contributed by atoms with Gasteiger partial charge in [-0.05, 0) is 59.1 Å². The lowest BCUT2D eigenvalue weighted by Gasteiger charge is -2.30. The summed E-state index contributed by atoms with van der Waals surface area (Å²) in [6, 6.07) is 4.69. The van der Waals surface area contributed by atoms with Crippen LogP contribution in [0.5, 0.6) is 5.75 Å². The molecule has 0 amide bonds. The normalized spacial score (nSPS) is 22.7. The zero-order chi connectivity index (χ0) is 20.4. The van der Waals surface area contributed by atoms with Gasteiger partial charge in [-0.25, -0.2) is 0 Å². The van der Waals surface area contributed by atoms with Crippen LogP contribution in [0.25, 0.3) is 0 Å². The van der Waals surface area contributed by atoms with Crippen molar-refractivity contribution in [1.29, 1.82) is 0 Å². The summed E-state index contributed by atoms with van der Waals surface area (Å²) in [7, 11) is 0. The van der Waals surface area contributed by atoms with Gasteiger partial charge in [0.05, 0.1) is 0 Å². The monoisotopic (exact) mass is 375 g/mol. The summed E-state index contributed by atoms with van der Waals surface area (Å²) in [4.78, 5) is 0. The van der Waals surface area contributed by atoms with Gasteiger partial charge in [0.15, 0.2) is 0 Å². The van der Waals surface area contributed by atoms with Crippen molar-refractivity contribution < 1.29 is 10.2 Å². The Bertz CT molecular complexity index is 589. The van der Waals surface area contributed by atoms with Crippen molar-refractivity contribution in [2.45, 2.75) is 110 Å². The molecular weight excluding hydrogens is 334 g/mol. The summed E-state index contributed by atoms with van der Waals surface area (Å²) in [5, 5.41) is 24.8. The lowest BCUT2D eigenvalue weighted by molar-refractivity contribution is 0.0994. The van der Waals surface area contributed by atoms with Crippen molar-refractivity contribution in [1.82, 2.24) is 5.32 Å². The Morgan fingerprint density at radius 2 is 1.59 bits per heavy atom. The number of aryl methyl sites for hydroxylation is 1. The van der Waals surface area contributed by atoms with Gasteiger partial charge in [0.1, 0.15) is 12.0 Å².